The first kappa shape index (κ1) is 18.7. The molecule has 27 heavy (non-hydrogen) atoms. The first-order valence-corrected chi connectivity index (χ1v) is 9.04. The van der Waals surface area contributed by atoms with Crippen LogP contribution in [0, 0.1) is 18.2 Å². The van der Waals surface area contributed by atoms with Gasteiger partial charge in [-0.2, -0.15) is 0 Å². The molecule has 1 aromatic heterocycles. The van der Waals surface area contributed by atoms with Crippen molar-refractivity contribution in [3.05, 3.63) is 71.2 Å². The number of carbonyl (C=O) groups is 1. The van der Waals surface area contributed by atoms with Crippen LogP contribution in [-0.2, 0) is 7.05 Å². The predicted octanol–water partition coefficient (Wildman–Crippen LogP) is 5.61. The van der Waals surface area contributed by atoms with Crippen molar-refractivity contribution in [3.8, 4) is 22.3 Å². The summed E-state index contributed by atoms with van der Waals surface area (Å²) in [5, 5.41) is 10.2. The van der Waals surface area contributed by atoms with Crippen LogP contribution in [0.2, 0.25) is 0 Å². The molecular weight excluding hydrogens is 370 g/mol. The molecule has 136 valence electrons. The van der Waals surface area contributed by atoms with Crippen molar-refractivity contribution in [1.29, 1.82) is 0 Å². The lowest BCUT2D eigenvalue weighted by Gasteiger charge is -2.07. The number of hydrogen-bond acceptors (Lipinski definition) is 2. The van der Waals surface area contributed by atoms with Crippen molar-refractivity contribution >= 4 is 23.4 Å². The molecule has 1 N–H and O–H groups in total. The third kappa shape index (κ3) is 3.20. The summed E-state index contributed by atoms with van der Waals surface area (Å²) < 4.78 is 28.6. The molecule has 4 nitrogen and oxygen atoms in total. The number of carboxylic acids is 1. The van der Waals surface area contributed by atoms with Gasteiger partial charge in [0.25, 0.3) is 0 Å². The summed E-state index contributed by atoms with van der Waals surface area (Å²) in [6.45, 7) is 7.47. The molecule has 0 atom stereocenters. The first-order valence-electron chi connectivity index (χ1n) is 7.82. The third-order valence-corrected chi connectivity index (χ3v) is 5.09. The van der Waals surface area contributed by atoms with Gasteiger partial charge in [0.2, 0.25) is 5.69 Å². The lowest BCUT2D eigenvalue weighted by Crippen LogP contribution is -2.06. The summed E-state index contributed by atoms with van der Waals surface area (Å²) in [5.41, 5.74) is 1.92. The van der Waals surface area contributed by atoms with Crippen molar-refractivity contribution in [1.82, 2.24) is 4.57 Å². The van der Waals surface area contributed by atoms with Gasteiger partial charge in [-0.1, -0.05) is 24.3 Å². The standard InChI is InChI=1S/C20H14F2N2O2S/c1-23-17-16(18(20(25)26)24(2)19(17)27-3)12-6-4-11(5-7-12)14-9-8-13(21)10-15(14)22/h4-10H,2-3H3,(H,25,26). The van der Waals surface area contributed by atoms with Gasteiger partial charge in [0.1, 0.15) is 17.3 Å². The summed E-state index contributed by atoms with van der Waals surface area (Å²) in [6.07, 6.45) is 1.78. The van der Waals surface area contributed by atoms with E-state index in [2.05, 4.69) is 4.85 Å². The zero-order chi connectivity index (χ0) is 19.7. The second-order valence-electron chi connectivity index (χ2n) is 5.76. The zero-order valence-electron chi connectivity index (χ0n) is 14.5. The molecule has 0 aliphatic carbocycles. The normalized spacial score (nSPS) is 10.6. The lowest BCUT2D eigenvalue weighted by molar-refractivity contribution is 0.0686. The Labute approximate surface area is 158 Å². The fraction of sp³-hybridized carbons (Fsp3) is 0.100. The highest BCUT2D eigenvalue weighted by Gasteiger charge is 2.26. The summed E-state index contributed by atoms with van der Waals surface area (Å²) in [5.74, 6) is -2.47. The molecular formula is C20H14F2N2O2S. The largest absolute Gasteiger partial charge is 0.477 e. The van der Waals surface area contributed by atoms with E-state index >= 15 is 0 Å². The molecule has 0 saturated heterocycles. The van der Waals surface area contributed by atoms with Crippen LogP contribution in [0.1, 0.15) is 10.5 Å². The Morgan fingerprint density at radius 1 is 1.15 bits per heavy atom. The van der Waals surface area contributed by atoms with Gasteiger partial charge in [0.15, 0.2) is 0 Å². The predicted molar refractivity (Wildman–Crippen MR) is 101 cm³/mol. The Morgan fingerprint density at radius 2 is 1.78 bits per heavy atom. The summed E-state index contributed by atoms with van der Waals surface area (Å²) >= 11 is 1.30. The second kappa shape index (κ2) is 7.25. The number of hydrogen-bond donors (Lipinski definition) is 1. The van der Waals surface area contributed by atoms with Gasteiger partial charge in [-0.15, -0.1) is 11.8 Å². The topological polar surface area (TPSA) is 46.6 Å². The first-order chi connectivity index (χ1) is 12.9. The minimum Gasteiger partial charge on any atom is -0.477 e. The molecule has 3 rings (SSSR count). The van der Waals surface area contributed by atoms with E-state index in [4.69, 9.17) is 6.57 Å². The molecule has 0 spiro atoms. The number of benzene rings is 2. The maximum atomic E-state index is 14.0. The van der Waals surface area contributed by atoms with Crippen LogP contribution < -0.4 is 0 Å². The zero-order valence-corrected chi connectivity index (χ0v) is 15.3. The van der Waals surface area contributed by atoms with Crippen LogP contribution in [0.4, 0.5) is 14.5 Å². The Balaban J connectivity index is 2.16. The lowest BCUT2D eigenvalue weighted by atomic mass is 9.99. The van der Waals surface area contributed by atoms with E-state index in [0.29, 0.717) is 21.7 Å². The second-order valence-corrected chi connectivity index (χ2v) is 6.55. The molecule has 0 aliphatic rings. The molecule has 0 unspecified atom stereocenters. The summed E-state index contributed by atoms with van der Waals surface area (Å²) in [7, 11) is 1.61. The van der Waals surface area contributed by atoms with E-state index in [1.165, 1.54) is 28.5 Å². The van der Waals surface area contributed by atoms with Gasteiger partial charge >= 0.3 is 5.97 Å². The van der Waals surface area contributed by atoms with Crippen LogP contribution in [0.3, 0.4) is 0 Å². The Bertz CT molecular complexity index is 1080. The molecule has 3 aromatic rings. The molecule has 0 amide bonds. The highest BCUT2D eigenvalue weighted by Crippen LogP contribution is 2.43. The highest BCUT2D eigenvalue weighted by molar-refractivity contribution is 7.98. The third-order valence-electron chi connectivity index (χ3n) is 4.24. The van der Waals surface area contributed by atoms with Gasteiger partial charge in [-0.25, -0.2) is 18.4 Å². The fourth-order valence-corrected chi connectivity index (χ4v) is 3.75. The molecule has 0 fully saturated rings. The van der Waals surface area contributed by atoms with E-state index in [9.17, 15) is 18.7 Å². The number of nitrogens with zero attached hydrogens (tertiary/aromatic N) is 2. The SMILES string of the molecule is [C-]#[N+]c1c(-c2ccc(-c3ccc(F)cc3F)cc2)c(C(=O)O)n(C)c1SC. The van der Waals surface area contributed by atoms with Crippen molar-refractivity contribution in [3.63, 3.8) is 0 Å². The van der Waals surface area contributed by atoms with E-state index in [1.54, 1.807) is 37.6 Å². The van der Waals surface area contributed by atoms with Crippen LogP contribution in [0.15, 0.2) is 47.5 Å². The Hall–Kier alpha value is -3.11. The minimum absolute atomic E-state index is 0.0195. The van der Waals surface area contributed by atoms with Gasteiger partial charge in [0, 0.05) is 24.2 Å². The number of rotatable bonds is 4. The molecule has 2 aromatic carbocycles. The molecule has 0 bridgehead atoms. The smallest absolute Gasteiger partial charge is 0.351 e. The molecule has 7 heteroatoms. The number of thioether (sulfide) groups is 1. The number of aromatic nitrogens is 1. The van der Waals surface area contributed by atoms with Crippen LogP contribution in [-0.4, -0.2) is 21.9 Å². The molecule has 0 saturated carbocycles. The molecule has 0 radical (unpaired) electrons. The van der Waals surface area contributed by atoms with Crippen molar-refractivity contribution in [2.24, 2.45) is 7.05 Å². The van der Waals surface area contributed by atoms with Crippen molar-refractivity contribution in [2.45, 2.75) is 5.03 Å². The van der Waals surface area contributed by atoms with Crippen LogP contribution >= 0.6 is 11.8 Å². The minimum atomic E-state index is -1.13. The van der Waals surface area contributed by atoms with Crippen LogP contribution in [0.25, 0.3) is 27.1 Å². The van der Waals surface area contributed by atoms with E-state index in [-0.39, 0.29) is 16.9 Å². The van der Waals surface area contributed by atoms with Crippen molar-refractivity contribution in [2.75, 3.05) is 6.26 Å². The highest BCUT2D eigenvalue weighted by atomic mass is 32.2. The van der Waals surface area contributed by atoms with Crippen molar-refractivity contribution < 1.29 is 18.7 Å². The van der Waals surface area contributed by atoms with E-state index in [1.807, 2.05) is 0 Å². The Kier molecular flexibility index (Phi) is 5.02. The molecule has 1 heterocycles. The summed E-state index contributed by atoms with van der Waals surface area (Å²) in [4.78, 5) is 15.3. The number of carboxylic acid groups (broad SMARTS) is 1. The number of aromatic carboxylic acids is 1. The monoisotopic (exact) mass is 384 g/mol. The maximum absolute atomic E-state index is 14.0. The maximum Gasteiger partial charge on any atom is 0.351 e. The summed E-state index contributed by atoms with van der Waals surface area (Å²) in [6, 6.07) is 9.85. The quantitative estimate of drug-likeness (QED) is 0.470. The van der Waals surface area contributed by atoms with Gasteiger partial charge in [-0.3, -0.25) is 0 Å². The molecule has 0 aliphatic heterocycles. The van der Waals surface area contributed by atoms with Crippen LogP contribution in [0.5, 0.6) is 0 Å². The van der Waals surface area contributed by atoms with Gasteiger partial charge in [0.05, 0.1) is 11.6 Å². The fourth-order valence-electron chi connectivity index (χ4n) is 3.05. The number of halogens is 2. The Morgan fingerprint density at radius 3 is 2.30 bits per heavy atom. The average Bonchev–Trinajstić information content (AvgIpc) is 2.93. The average molecular weight is 384 g/mol. The van der Waals surface area contributed by atoms with E-state index in [0.717, 1.165) is 6.07 Å². The van der Waals surface area contributed by atoms with E-state index < -0.39 is 17.6 Å². The van der Waals surface area contributed by atoms with Gasteiger partial charge < -0.3 is 9.67 Å². The van der Waals surface area contributed by atoms with Gasteiger partial charge in [-0.05, 0) is 29.5 Å².